The van der Waals surface area contributed by atoms with Gasteiger partial charge in [-0.05, 0) is 53.1 Å². The Kier molecular flexibility index (Phi) is 6.82. The molecule has 5 heterocycles. The summed E-state index contributed by atoms with van der Waals surface area (Å²) in [6.07, 6.45) is 7.52. The van der Waals surface area contributed by atoms with Crippen LogP contribution in [0.3, 0.4) is 0 Å². The van der Waals surface area contributed by atoms with Crippen molar-refractivity contribution in [1.29, 1.82) is 5.26 Å². The van der Waals surface area contributed by atoms with Crippen LogP contribution in [0.1, 0.15) is 5.56 Å². The number of hydrogen-bond acceptors (Lipinski definition) is 6. The fraction of sp³-hybridized carbons (Fsp3) is 0. The van der Waals surface area contributed by atoms with Crippen molar-refractivity contribution in [1.82, 2.24) is 34.1 Å². The Morgan fingerprint density at radius 3 is 1.66 bits per heavy atom. The number of para-hydroxylation sites is 1. The molecule has 0 fully saturated rings. The van der Waals surface area contributed by atoms with Gasteiger partial charge in [0.15, 0.2) is 17.5 Å². The third-order valence-corrected chi connectivity index (χ3v) is 11.2. The lowest BCUT2D eigenvalue weighted by atomic mass is 9.93. The molecule has 58 heavy (non-hydrogen) atoms. The highest BCUT2D eigenvalue weighted by Gasteiger charge is 2.31. The number of benzene rings is 6. The molecule has 10 aromatic rings. The van der Waals surface area contributed by atoms with Gasteiger partial charge in [-0.2, -0.15) is 5.26 Å². The van der Waals surface area contributed by atoms with E-state index in [1.165, 1.54) is 11.1 Å². The Bertz CT molecular complexity index is 3390. The molecule has 8 heteroatoms. The van der Waals surface area contributed by atoms with Gasteiger partial charge in [0, 0.05) is 68.6 Å². The first-order valence-corrected chi connectivity index (χ1v) is 19.1. The van der Waals surface area contributed by atoms with Crippen molar-refractivity contribution < 1.29 is 0 Å². The molecule has 0 atom stereocenters. The van der Waals surface area contributed by atoms with E-state index in [1.54, 1.807) is 0 Å². The van der Waals surface area contributed by atoms with E-state index in [1.807, 2.05) is 116 Å². The van der Waals surface area contributed by atoms with Crippen LogP contribution in [0.5, 0.6) is 0 Å². The minimum Gasteiger partial charge on any atom is -0.308 e. The van der Waals surface area contributed by atoms with Gasteiger partial charge in [0.1, 0.15) is 6.07 Å². The summed E-state index contributed by atoms with van der Waals surface area (Å²) >= 11 is 0. The van der Waals surface area contributed by atoms with Crippen LogP contribution in [0.2, 0.25) is 0 Å². The molecule has 0 saturated carbocycles. The summed E-state index contributed by atoms with van der Waals surface area (Å²) in [4.78, 5) is 24.7. The van der Waals surface area contributed by atoms with Crippen LogP contribution >= 0.6 is 0 Å². The largest absolute Gasteiger partial charge is 0.308 e. The lowest BCUT2D eigenvalue weighted by molar-refractivity contribution is 1.06. The smallest absolute Gasteiger partial charge is 0.166 e. The molecule has 268 valence electrons. The summed E-state index contributed by atoms with van der Waals surface area (Å²) in [7, 11) is 0. The Morgan fingerprint density at radius 2 is 0.983 bits per heavy atom. The second-order valence-corrected chi connectivity index (χ2v) is 14.5. The molecule has 5 aromatic heterocycles. The maximum Gasteiger partial charge on any atom is 0.166 e. The molecule has 5 aromatic carbocycles. The highest BCUT2D eigenvalue weighted by Crippen LogP contribution is 2.51. The van der Waals surface area contributed by atoms with E-state index in [4.69, 9.17) is 15.0 Å². The summed E-state index contributed by atoms with van der Waals surface area (Å²) in [6, 6.07) is 51.9. The minimum absolute atomic E-state index is 0.447. The Morgan fingerprint density at radius 1 is 0.431 bits per heavy atom. The molecule has 8 nitrogen and oxygen atoms in total. The van der Waals surface area contributed by atoms with E-state index in [0.717, 1.165) is 77.2 Å². The quantitative estimate of drug-likeness (QED) is 0.168. The van der Waals surface area contributed by atoms with Gasteiger partial charge in [0.2, 0.25) is 0 Å². The van der Waals surface area contributed by atoms with Crippen molar-refractivity contribution in [3.63, 3.8) is 0 Å². The first kappa shape index (κ1) is 32.0. The molecular weight excluding hydrogens is 713 g/mol. The second-order valence-electron chi connectivity index (χ2n) is 14.5. The SMILES string of the molecule is N#Cc1cc(-c2nc(-c3ccccc3)nc(-c3ccccc3)n2)c(-n2c3ccccc3c3cnccc32)c(-c2ccccc2)c1-n1c2ccncc2c2c3cc-3cc21. The van der Waals surface area contributed by atoms with Crippen molar-refractivity contribution in [2.45, 2.75) is 0 Å². The molecular formula is C50H28N8. The van der Waals surface area contributed by atoms with Crippen molar-refractivity contribution in [3.8, 4) is 73.9 Å². The number of rotatable bonds is 6. The fourth-order valence-corrected chi connectivity index (χ4v) is 8.66. The standard InChI is InChI=1S/C50H28N8/c51-27-34-25-37(50-55-48(31-14-6-2-7-15-31)54-49(56-50)32-16-8-3-9-17-32)47(57-40-19-11-10-18-35(40)38-28-52-22-20-41(38)57)44(30-12-4-1-5-13-30)46(34)58-42-21-23-53-29-39(42)45-36-24-33(36)26-43(45)58/h1-26,28-29H. The number of nitrogens with zero attached hydrogens (tertiary/aromatic N) is 8. The van der Waals surface area contributed by atoms with Crippen LogP contribution < -0.4 is 0 Å². The molecule has 12 rings (SSSR count). The number of nitriles is 1. The molecule has 0 radical (unpaired) electrons. The zero-order chi connectivity index (χ0) is 38.3. The number of pyridine rings is 2. The molecule has 0 amide bonds. The number of hydrogen-bond donors (Lipinski definition) is 0. The van der Waals surface area contributed by atoms with Gasteiger partial charge < -0.3 is 9.13 Å². The second kappa shape index (κ2) is 12.4. The van der Waals surface area contributed by atoms with Gasteiger partial charge in [0.25, 0.3) is 0 Å². The van der Waals surface area contributed by atoms with Crippen LogP contribution in [0, 0.1) is 11.3 Å². The summed E-state index contributed by atoms with van der Waals surface area (Å²) in [6.45, 7) is 0. The van der Waals surface area contributed by atoms with Crippen molar-refractivity contribution in [2.75, 3.05) is 0 Å². The number of fused-ring (bicyclic) bond motifs is 8. The average molecular weight is 741 g/mol. The maximum atomic E-state index is 11.4. The van der Waals surface area contributed by atoms with Gasteiger partial charge >= 0.3 is 0 Å². The van der Waals surface area contributed by atoms with Crippen LogP contribution in [0.4, 0.5) is 0 Å². The molecule has 0 spiro atoms. The highest BCUT2D eigenvalue weighted by molar-refractivity contribution is 6.22. The third-order valence-electron chi connectivity index (χ3n) is 11.2. The van der Waals surface area contributed by atoms with Gasteiger partial charge in [-0.25, -0.2) is 15.0 Å². The van der Waals surface area contributed by atoms with E-state index in [2.05, 4.69) is 79.8 Å². The van der Waals surface area contributed by atoms with Gasteiger partial charge in [-0.1, -0.05) is 109 Å². The average Bonchev–Trinajstić information content (AvgIpc) is 3.67. The predicted octanol–water partition coefficient (Wildman–Crippen LogP) is 11.4. The number of aromatic nitrogens is 7. The van der Waals surface area contributed by atoms with Gasteiger partial charge in [-0.3, -0.25) is 9.97 Å². The third kappa shape index (κ3) is 4.71. The topological polar surface area (TPSA) is 98.1 Å². The van der Waals surface area contributed by atoms with Crippen LogP contribution in [-0.2, 0) is 0 Å². The molecule has 0 unspecified atom stereocenters. The molecule has 0 saturated heterocycles. The minimum atomic E-state index is 0.447. The van der Waals surface area contributed by atoms with Crippen molar-refractivity contribution in [2.24, 2.45) is 0 Å². The zero-order valence-corrected chi connectivity index (χ0v) is 30.7. The van der Waals surface area contributed by atoms with E-state index in [9.17, 15) is 5.26 Å². The molecule has 0 N–H and O–H groups in total. The van der Waals surface area contributed by atoms with Crippen LogP contribution in [-0.4, -0.2) is 34.1 Å². The van der Waals surface area contributed by atoms with Gasteiger partial charge in [0.05, 0.1) is 39.0 Å². The van der Waals surface area contributed by atoms with E-state index in [0.29, 0.717) is 28.6 Å². The lowest BCUT2D eigenvalue weighted by Gasteiger charge is -2.24. The van der Waals surface area contributed by atoms with E-state index < -0.39 is 0 Å². The summed E-state index contributed by atoms with van der Waals surface area (Å²) < 4.78 is 4.56. The van der Waals surface area contributed by atoms with Gasteiger partial charge in [-0.15, -0.1) is 0 Å². The lowest BCUT2D eigenvalue weighted by Crippen LogP contribution is -2.10. The highest BCUT2D eigenvalue weighted by atomic mass is 15.1. The van der Waals surface area contributed by atoms with Crippen molar-refractivity contribution in [3.05, 3.63) is 176 Å². The van der Waals surface area contributed by atoms with E-state index >= 15 is 0 Å². The molecule has 0 aliphatic heterocycles. The summed E-state index contributed by atoms with van der Waals surface area (Å²) in [5.74, 6) is 1.52. The maximum absolute atomic E-state index is 11.4. The Balaban J connectivity index is 1.31. The molecule has 2 aliphatic rings. The zero-order valence-electron chi connectivity index (χ0n) is 30.7. The molecule has 0 bridgehead atoms. The monoisotopic (exact) mass is 740 g/mol. The summed E-state index contributed by atoms with van der Waals surface area (Å²) in [5, 5.41) is 15.7. The van der Waals surface area contributed by atoms with Crippen molar-refractivity contribution >= 4 is 43.6 Å². The first-order valence-electron chi connectivity index (χ1n) is 19.1. The Hall–Kier alpha value is -8.28. The summed E-state index contributed by atoms with van der Waals surface area (Å²) in [5.41, 5.74) is 12.7. The van der Waals surface area contributed by atoms with E-state index in [-0.39, 0.29) is 0 Å². The van der Waals surface area contributed by atoms with Crippen LogP contribution in [0.25, 0.3) is 111 Å². The first-order chi connectivity index (χ1) is 28.7. The fourth-order valence-electron chi connectivity index (χ4n) is 8.66. The Labute approximate surface area is 331 Å². The van der Waals surface area contributed by atoms with Crippen LogP contribution in [0.15, 0.2) is 170 Å². The normalized spacial score (nSPS) is 11.8. The predicted molar refractivity (Wildman–Crippen MR) is 230 cm³/mol. The molecule has 2 aliphatic carbocycles.